The number of aliphatic hydroxyl groups is 1. The summed E-state index contributed by atoms with van der Waals surface area (Å²) in [7, 11) is 2.01. The first-order valence-corrected chi connectivity index (χ1v) is 5.45. The van der Waals surface area contributed by atoms with Crippen LogP contribution in [0.2, 0.25) is 4.34 Å². The standard InChI is InChI=1S/C9H14ClNOS/c1-11(6-7-12)5-4-8-2-3-9(10)13-8/h2-3,12H,4-7H2,1H3. The Balaban J connectivity index is 2.26. The second-order valence-corrected chi connectivity index (χ2v) is 4.78. The van der Waals surface area contributed by atoms with Crippen molar-refractivity contribution in [2.45, 2.75) is 6.42 Å². The molecule has 1 heterocycles. The summed E-state index contributed by atoms with van der Waals surface area (Å²) >= 11 is 7.43. The molecule has 74 valence electrons. The molecule has 0 bridgehead atoms. The minimum absolute atomic E-state index is 0.224. The van der Waals surface area contributed by atoms with E-state index >= 15 is 0 Å². The molecule has 0 aliphatic rings. The monoisotopic (exact) mass is 219 g/mol. The Hall–Kier alpha value is -0.0900. The molecule has 0 amide bonds. The Labute approximate surface area is 87.8 Å². The molecule has 0 radical (unpaired) electrons. The Bertz CT molecular complexity index is 252. The first kappa shape index (κ1) is 11.0. The van der Waals surface area contributed by atoms with E-state index in [0.29, 0.717) is 0 Å². The van der Waals surface area contributed by atoms with E-state index in [1.807, 2.05) is 13.1 Å². The highest BCUT2D eigenvalue weighted by molar-refractivity contribution is 7.16. The highest BCUT2D eigenvalue weighted by Gasteiger charge is 2.00. The van der Waals surface area contributed by atoms with Crippen molar-refractivity contribution >= 4 is 22.9 Å². The maximum Gasteiger partial charge on any atom is 0.0931 e. The van der Waals surface area contributed by atoms with Gasteiger partial charge in [0.25, 0.3) is 0 Å². The molecule has 1 rings (SSSR count). The van der Waals surface area contributed by atoms with Crippen LogP contribution in [0.5, 0.6) is 0 Å². The minimum Gasteiger partial charge on any atom is -0.395 e. The number of thiophene rings is 1. The Morgan fingerprint density at radius 3 is 2.77 bits per heavy atom. The smallest absolute Gasteiger partial charge is 0.0931 e. The van der Waals surface area contributed by atoms with E-state index in [1.54, 1.807) is 11.3 Å². The second kappa shape index (κ2) is 5.60. The van der Waals surface area contributed by atoms with E-state index in [2.05, 4.69) is 11.0 Å². The number of hydrogen-bond acceptors (Lipinski definition) is 3. The predicted molar refractivity (Wildman–Crippen MR) is 57.6 cm³/mol. The number of halogens is 1. The van der Waals surface area contributed by atoms with Crippen LogP contribution in [-0.4, -0.2) is 36.8 Å². The number of nitrogens with zero attached hydrogens (tertiary/aromatic N) is 1. The van der Waals surface area contributed by atoms with Crippen molar-refractivity contribution in [1.29, 1.82) is 0 Å². The molecule has 1 N–H and O–H groups in total. The zero-order chi connectivity index (χ0) is 9.68. The van der Waals surface area contributed by atoms with Gasteiger partial charge in [0.15, 0.2) is 0 Å². The number of rotatable bonds is 5. The van der Waals surface area contributed by atoms with Gasteiger partial charge in [-0.25, -0.2) is 0 Å². The van der Waals surface area contributed by atoms with Crippen LogP contribution >= 0.6 is 22.9 Å². The van der Waals surface area contributed by atoms with Gasteiger partial charge in [-0.1, -0.05) is 11.6 Å². The lowest BCUT2D eigenvalue weighted by Crippen LogP contribution is -2.24. The van der Waals surface area contributed by atoms with Gasteiger partial charge >= 0.3 is 0 Å². The van der Waals surface area contributed by atoms with E-state index < -0.39 is 0 Å². The fourth-order valence-corrected chi connectivity index (χ4v) is 2.15. The summed E-state index contributed by atoms with van der Waals surface area (Å²) in [6.45, 7) is 1.93. The highest BCUT2D eigenvalue weighted by atomic mass is 35.5. The molecular weight excluding hydrogens is 206 g/mol. The quantitative estimate of drug-likeness (QED) is 0.818. The van der Waals surface area contributed by atoms with Crippen LogP contribution in [0.3, 0.4) is 0 Å². The maximum absolute atomic E-state index is 8.68. The Morgan fingerprint density at radius 2 is 2.23 bits per heavy atom. The number of aliphatic hydroxyl groups excluding tert-OH is 1. The Kier molecular flexibility index (Phi) is 4.73. The maximum atomic E-state index is 8.68. The summed E-state index contributed by atoms with van der Waals surface area (Å²) in [5, 5.41) is 8.68. The lowest BCUT2D eigenvalue weighted by molar-refractivity contribution is 0.223. The molecule has 1 aromatic heterocycles. The van der Waals surface area contributed by atoms with Crippen molar-refractivity contribution in [3.63, 3.8) is 0 Å². The molecule has 1 aromatic rings. The molecule has 0 aliphatic heterocycles. The molecule has 0 saturated carbocycles. The average Bonchev–Trinajstić information content (AvgIpc) is 2.49. The SMILES string of the molecule is CN(CCO)CCc1ccc(Cl)s1. The summed E-state index contributed by atoms with van der Waals surface area (Å²) in [4.78, 5) is 3.41. The molecule has 0 aliphatic carbocycles. The molecule has 0 fully saturated rings. The van der Waals surface area contributed by atoms with Crippen LogP contribution in [0, 0.1) is 0 Å². The predicted octanol–water partition coefficient (Wildman–Crippen LogP) is 1.87. The van der Waals surface area contributed by atoms with Crippen molar-refractivity contribution in [1.82, 2.24) is 4.90 Å². The van der Waals surface area contributed by atoms with Crippen LogP contribution in [0.15, 0.2) is 12.1 Å². The lowest BCUT2D eigenvalue weighted by Gasteiger charge is -2.13. The van der Waals surface area contributed by atoms with Gasteiger partial charge in [-0.05, 0) is 25.6 Å². The summed E-state index contributed by atoms with van der Waals surface area (Å²) in [5.41, 5.74) is 0. The van der Waals surface area contributed by atoms with Crippen molar-refractivity contribution in [2.75, 3.05) is 26.7 Å². The third-order valence-electron chi connectivity index (χ3n) is 1.85. The fraction of sp³-hybridized carbons (Fsp3) is 0.556. The number of likely N-dealkylation sites (N-methyl/N-ethyl adjacent to an activating group) is 1. The molecule has 0 atom stereocenters. The topological polar surface area (TPSA) is 23.5 Å². The van der Waals surface area contributed by atoms with Crippen molar-refractivity contribution in [3.8, 4) is 0 Å². The summed E-state index contributed by atoms with van der Waals surface area (Å²) in [5.74, 6) is 0. The summed E-state index contributed by atoms with van der Waals surface area (Å²) < 4.78 is 0.847. The van der Waals surface area contributed by atoms with E-state index in [-0.39, 0.29) is 6.61 Å². The van der Waals surface area contributed by atoms with E-state index in [4.69, 9.17) is 16.7 Å². The van der Waals surface area contributed by atoms with Crippen LogP contribution in [-0.2, 0) is 6.42 Å². The summed E-state index contributed by atoms with van der Waals surface area (Å²) in [6.07, 6.45) is 1.01. The van der Waals surface area contributed by atoms with E-state index in [0.717, 1.165) is 23.8 Å². The van der Waals surface area contributed by atoms with Crippen molar-refractivity contribution < 1.29 is 5.11 Å². The second-order valence-electron chi connectivity index (χ2n) is 2.98. The van der Waals surface area contributed by atoms with Crippen LogP contribution in [0.25, 0.3) is 0 Å². The van der Waals surface area contributed by atoms with Crippen LogP contribution in [0.4, 0.5) is 0 Å². The van der Waals surface area contributed by atoms with Crippen LogP contribution < -0.4 is 0 Å². The minimum atomic E-state index is 0.224. The van der Waals surface area contributed by atoms with Gasteiger partial charge in [-0.2, -0.15) is 0 Å². The van der Waals surface area contributed by atoms with E-state index in [9.17, 15) is 0 Å². The van der Waals surface area contributed by atoms with Crippen molar-refractivity contribution in [3.05, 3.63) is 21.3 Å². The first-order chi connectivity index (χ1) is 6.22. The molecule has 0 spiro atoms. The zero-order valence-electron chi connectivity index (χ0n) is 7.66. The van der Waals surface area contributed by atoms with Gasteiger partial charge in [-0.3, -0.25) is 0 Å². The molecule has 0 unspecified atom stereocenters. The zero-order valence-corrected chi connectivity index (χ0v) is 9.24. The van der Waals surface area contributed by atoms with Gasteiger partial charge in [0, 0.05) is 18.0 Å². The molecular formula is C9H14ClNOS. The number of hydrogen-bond donors (Lipinski definition) is 1. The van der Waals surface area contributed by atoms with E-state index in [1.165, 1.54) is 4.88 Å². The molecule has 0 aromatic carbocycles. The largest absolute Gasteiger partial charge is 0.395 e. The molecule has 0 saturated heterocycles. The van der Waals surface area contributed by atoms with Crippen molar-refractivity contribution in [2.24, 2.45) is 0 Å². The fourth-order valence-electron chi connectivity index (χ4n) is 1.07. The third-order valence-corrected chi connectivity index (χ3v) is 3.14. The van der Waals surface area contributed by atoms with Gasteiger partial charge in [0.05, 0.1) is 10.9 Å². The first-order valence-electron chi connectivity index (χ1n) is 4.26. The third kappa shape index (κ3) is 4.09. The molecule has 2 nitrogen and oxygen atoms in total. The normalized spacial score (nSPS) is 11.1. The van der Waals surface area contributed by atoms with Gasteiger partial charge in [0.1, 0.15) is 0 Å². The highest BCUT2D eigenvalue weighted by Crippen LogP contribution is 2.21. The average molecular weight is 220 g/mol. The van der Waals surface area contributed by atoms with Gasteiger partial charge in [-0.15, -0.1) is 11.3 Å². The van der Waals surface area contributed by atoms with Crippen LogP contribution in [0.1, 0.15) is 4.88 Å². The van der Waals surface area contributed by atoms with Gasteiger partial charge < -0.3 is 10.0 Å². The van der Waals surface area contributed by atoms with Gasteiger partial charge in [0.2, 0.25) is 0 Å². The summed E-state index contributed by atoms with van der Waals surface area (Å²) in [6, 6.07) is 3.98. The Morgan fingerprint density at radius 1 is 1.46 bits per heavy atom. The lowest BCUT2D eigenvalue weighted by atomic mass is 10.3. The molecule has 13 heavy (non-hydrogen) atoms. The molecule has 4 heteroatoms.